The molecule has 0 saturated carbocycles. The number of piperidine rings is 1. The number of nitrogens with zero attached hydrogens (tertiary/aromatic N) is 1. The van der Waals surface area contributed by atoms with Crippen LogP contribution in [-0.4, -0.2) is 29.8 Å². The van der Waals surface area contributed by atoms with Crippen molar-refractivity contribution in [3.63, 3.8) is 0 Å². The number of nitrogens with one attached hydrogen (secondary N) is 1. The summed E-state index contributed by atoms with van der Waals surface area (Å²) in [6.45, 7) is 1.58. The van der Waals surface area contributed by atoms with E-state index in [9.17, 15) is 9.59 Å². The maximum atomic E-state index is 12.6. The van der Waals surface area contributed by atoms with Crippen molar-refractivity contribution in [3.8, 4) is 0 Å². The first-order valence-corrected chi connectivity index (χ1v) is 8.96. The highest BCUT2D eigenvalue weighted by Gasteiger charge is 2.19. The van der Waals surface area contributed by atoms with Crippen LogP contribution in [0.2, 0.25) is 10.0 Å². The van der Waals surface area contributed by atoms with Gasteiger partial charge in [0.25, 0.3) is 11.8 Å². The van der Waals surface area contributed by atoms with Gasteiger partial charge >= 0.3 is 0 Å². The topological polar surface area (TPSA) is 49.4 Å². The number of benzene rings is 2. The van der Waals surface area contributed by atoms with Crippen molar-refractivity contribution in [2.24, 2.45) is 0 Å². The summed E-state index contributed by atoms with van der Waals surface area (Å²) in [7, 11) is 0. The van der Waals surface area contributed by atoms with E-state index in [0.717, 1.165) is 25.9 Å². The van der Waals surface area contributed by atoms with Crippen molar-refractivity contribution < 1.29 is 9.59 Å². The minimum Gasteiger partial charge on any atom is -0.339 e. The third-order valence-corrected chi connectivity index (χ3v) is 4.73. The van der Waals surface area contributed by atoms with Crippen molar-refractivity contribution in [2.45, 2.75) is 19.3 Å². The van der Waals surface area contributed by atoms with E-state index in [2.05, 4.69) is 5.32 Å². The van der Waals surface area contributed by atoms with Gasteiger partial charge in [0, 0.05) is 29.4 Å². The molecular formula is C19H18Cl2N2O2. The largest absolute Gasteiger partial charge is 0.339 e. The fraction of sp³-hybridized carbons (Fsp3) is 0.263. The van der Waals surface area contributed by atoms with Crippen LogP contribution in [0.15, 0.2) is 42.5 Å². The van der Waals surface area contributed by atoms with Crippen LogP contribution in [0.25, 0.3) is 0 Å². The van der Waals surface area contributed by atoms with Crippen LogP contribution in [0.3, 0.4) is 0 Å². The lowest BCUT2D eigenvalue weighted by Gasteiger charge is -2.26. The molecule has 0 aromatic heterocycles. The van der Waals surface area contributed by atoms with Crippen LogP contribution < -0.4 is 5.32 Å². The molecular weight excluding hydrogens is 359 g/mol. The lowest BCUT2D eigenvalue weighted by Crippen LogP contribution is -2.35. The zero-order valence-electron chi connectivity index (χ0n) is 13.6. The fourth-order valence-electron chi connectivity index (χ4n) is 2.88. The van der Waals surface area contributed by atoms with E-state index in [0.29, 0.717) is 21.8 Å². The number of carbonyl (C=O) groups is 2. The highest BCUT2D eigenvalue weighted by atomic mass is 35.5. The predicted octanol–water partition coefficient (Wildman–Crippen LogP) is 4.87. The summed E-state index contributed by atoms with van der Waals surface area (Å²) in [6, 6.07) is 11.7. The quantitative estimate of drug-likeness (QED) is 0.830. The van der Waals surface area contributed by atoms with Crippen LogP contribution in [-0.2, 0) is 0 Å². The van der Waals surface area contributed by atoms with Gasteiger partial charge in [0.1, 0.15) is 0 Å². The van der Waals surface area contributed by atoms with E-state index in [-0.39, 0.29) is 16.8 Å². The van der Waals surface area contributed by atoms with E-state index in [1.807, 2.05) is 4.90 Å². The molecule has 0 unspecified atom stereocenters. The van der Waals surface area contributed by atoms with Gasteiger partial charge < -0.3 is 10.2 Å². The first-order chi connectivity index (χ1) is 12.0. The van der Waals surface area contributed by atoms with Crippen LogP contribution in [0.1, 0.15) is 40.0 Å². The third kappa shape index (κ3) is 4.33. The Morgan fingerprint density at radius 1 is 0.960 bits per heavy atom. The minimum absolute atomic E-state index is 0.000300. The maximum Gasteiger partial charge on any atom is 0.257 e. The highest BCUT2D eigenvalue weighted by molar-refractivity contribution is 6.37. The smallest absolute Gasteiger partial charge is 0.257 e. The van der Waals surface area contributed by atoms with E-state index >= 15 is 0 Å². The lowest BCUT2D eigenvalue weighted by molar-refractivity contribution is 0.0724. The average Bonchev–Trinajstić information content (AvgIpc) is 2.62. The summed E-state index contributed by atoms with van der Waals surface area (Å²) in [6.07, 6.45) is 3.25. The van der Waals surface area contributed by atoms with Gasteiger partial charge in [0.15, 0.2) is 0 Å². The van der Waals surface area contributed by atoms with E-state index in [1.54, 1.807) is 36.4 Å². The molecule has 0 radical (unpaired) electrons. The zero-order chi connectivity index (χ0) is 17.8. The second-order valence-corrected chi connectivity index (χ2v) is 6.86. The van der Waals surface area contributed by atoms with Gasteiger partial charge in [-0.15, -0.1) is 0 Å². The Balaban J connectivity index is 1.75. The molecule has 1 aliphatic heterocycles. The van der Waals surface area contributed by atoms with Gasteiger partial charge in [-0.05, 0) is 55.7 Å². The molecule has 130 valence electrons. The molecule has 0 spiro atoms. The summed E-state index contributed by atoms with van der Waals surface area (Å²) in [5, 5.41) is 3.53. The Morgan fingerprint density at radius 3 is 2.44 bits per heavy atom. The van der Waals surface area contributed by atoms with Gasteiger partial charge in [-0.1, -0.05) is 29.3 Å². The number of carbonyl (C=O) groups excluding carboxylic acids is 2. The van der Waals surface area contributed by atoms with Gasteiger partial charge in [0.2, 0.25) is 0 Å². The molecule has 1 aliphatic rings. The van der Waals surface area contributed by atoms with Crippen LogP contribution in [0, 0.1) is 0 Å². The second kappa shape index (κ2) is 7.89. The van der Waals surface area contributed by atoms with Crippen molar-refractivity contribution in [1.29, 1.82) is 0 Å². The molecule has 1 heterocycles. The van der Waals surface area contributed by atoms with Crippen molar-refractivity contribution in [1.82, 2.24) is 4.90 Å². The fourth-order valence-corrected chi connectivity index (χ4v) is 3.38. The van der Waals surface area contributed by atoms with Gasteiger partial charge in [0.05, 0.1) is 10.6 Å². The predicted molar refractivity (Wildman–Crippen MR) is 101 cm³/mol. The lowest BCUT2D eigenvalue weighted by atomic mass is 10.1. The van der Waals surface area contributed by atoms with Crippen molar-refractivity contribution in [2.75, 3.05) is 18.4 Å². The number of likely N-dealkylation sites (tertiary alicyclic amines) is 1. The molecule has 4 nitrogen and oxygen atoms in total. The van der Waals surface area contributed by atoms with E-state index in [4.69, 9.17) is 23.2 Å². The summed E-state index contributed by atoms with van der Waals surface area (Å²) in [5.41, 5.74) is 1.46. The van der Waals surface area contributed by atoms with Gasteiger partial charge in [-0.25, -0.2) is 0 Å². The third-order valence-electron chi connectivity index (χ3n) is 4.19. The standard InChI is InChI=1S/C19H18Cl2N2O2/c20-14-7-8-16(17(21)12-14)18(24)22-15-6-4-5-13(11-15)19(25)23-9-2-1-3-10-23/h4-8,11-12H,1-3,9-10H2,(H,22,24). The summed E-state index contributed by atoms with van der Waals surface area (Å²) in [4.78, 5) is 26.8. The normalized spacial score (nSPS) is 14.2. The molecule has 1 saturated heterocycles. The SMILES string of the molecule is O=C(Nc1cccc(C(=O)N2CCCCC2)c1)c1ccc(Cl)cc1Cl. The molecule has 3 rings (SSSR count). The number of rotatable bonds is 3. The first-order valence-electron chi connectivity index (χ1n) is 8.20. The van der Waals surface area contributed by atoms with Gasteiger partial charge in [-0.2, -0.15) is 0 Å². The number of hydrogen-bond acceptors (Lipinski definition) is 2. The molecule has 25 heavy (non-hydrogen) atoms. The molecule has 1 N–H and O–H groups in total. The second-order valence-electron chi connectivity index (χ2n) is 6.01. The minimum atomic E-state index is -0.343. The number of amides is 2. The maximum absolute atomic E-state index is 12.6. The molecule has 0 aliphatic carbocycles. The van der Waals surface area contributed by atoms with Gasteiger partial charge in [-0.3, -0.25) is 9.59 Å². The monoisotopic (exact) mass is 376 g/mol. The zero-order valence-corrected chi connectivity index (χ0v) is 15.1. The molecule has 1 fully saturated rings. The molecule has 0 atom stereocenters. The van der Waals surface area contributed by atoms with Crippen LogP contribution >= 0.6 is 23.2 Å². The molecule has 6 heteroatoms. The molecule has 2 aromatic carbocycles. The summed E-state index contributed by atoms with van der Waals surface area (Å²) < 4.78 is 0. The Morgan fingerprint density at radius 2 is 1.72 bits per heavy atom. The number of anilines is 1. The van der Waals surface area contributed by atoms with E-state index < -0.39 is 0 Å². The summed E-state index contributed by atoms with van der Waals surface area (Å²) in [5.74, 6) is -0.343. The highest BCUT2D eigenvalue weighted by Crippen LogP contribution is 2.23. The van der Waals surface area contributed by atoms with E-state index in [1.165, 1.54) is 12.5 Å². The first kappa shape index (κ1) is 17.8. The molecule has 2 amide bonds. The van der Waals surface area contributed by atoms with Crippen molar-refractivity contribution in [3.05, 3.63) is 63.6 Å². The average molecular weight is 377 g/mol. The Bertz CT molecular complexity index is 802. The molecule has 2 aromatic rings. The van der Waals surface area contributed by atoms with Crippen molar-refractivity contribution >= 4 is 40.7 Å². The Kier molecular flexibility index (Phi) is 5.61. The number of hydrogen-bond donors (Lipinski definition) is 1. The van der Waals surface area contributed by atoms with Crippen LogP contribution in [0.5, 0.6) is 0 Å². The Labute approximate surface area is 156 Å². The van der Waals surface area contributed by atoms with Crippen LogP contribution in [0.4, 0.5) is 5.69 Å². The number of halogens is 2. The molecule has 0 bridgehead atoms. The summed E-state index contributed by atoms with van der Waals surface area (Å²) >= 11 is 11.9. The Hall–Kier alpha value is -2.04.